The standard InChI is InChI=1S/C22H25N5O4S/c1-2-31-16-7-9-17(10-8-16)32(29,30)26-21-22(25-19-6-4-3-5-18(19)24-21)27-13-11-15(12-14-27)20(23)28/h3-10,15H,2,11-14H2,1H3,(H2,23,28)(H,24,26). The van der Waals surface area contributed by atoms with E-state index < -0.39 is 10.0 Å². The predicted octanol–water partition coefficient (Wildman–Crippen LogP) is 2.53. The van der Waals surface area contributed by atoms with Gasteiger partial charge in [-0.05, 0) is 56.2 Å². The van der Waals surface area contributed by atoms with Gasteiger partial charge < -0.3 is 15.4 Å². The van der Waals surface area contributed by atoms with E-state index in [0.717, 1.165) is 0 Å². The Morgan fingerprint density at radius 2 is 1.72 bits per heavy atom. The van der Waals surface area contributed by atoms with Gasteiger partial charge >= 0.3 is 0 Å². The van der Waals surface area contributed by atoms with E-state index in [1.807, 2.05) is 30.0 Å². The van der Waals surface area contributed by atoms with Crippen molar-refractivity contribution in [2.75, 3.05) is 29.3 Å². The molecular formula is C22H25N5O4S. The van der Waals surface area contributed by atoms with E-state index in [1.54, 1.807) is 18.2 Å². The average Bonchev–Trinajstić information content (AvgIpc) is 2.79. The predicted molar refractivity (Wildman–Crippen MR) is 122 cm³/mol. The number of amides is 1. The minimum atomic E-state index is -3.91. The Morgan fingerprint density at radius 1 is 1.09 bits per heavy atom. The summed E-state index contributed by atoms with van der Waals surface area (Å²) in [6.07, 6.45) is 1.16. The van der Waals surface area contributed by atoms with E-state index in [2.05, 4.69) is 14.7 Å². The maximum Gasteiger partial charge on any atom is 0.263 e. The first-order valence-electron chi connectivity index (χ1n) is 10.4. The van der Waals surface area contributed by atoms with Gasteiger partial charge in [0, 0.05) is 19.0 Å². The fourth-order valence-electron chi connectivity index (χ4n) is 3.72. The summed E-state index contributed by atoms with van der Waals surface area (Å²) < 4.78 is 34.2. The van der Waals surface area contributed by atoms with Gasteiger partial charge in [0.15, 0.2) is 11.6 Å². The number of nitrogens with zero attached hydrogens (tertiary/aromatic N) is 3. The minimum Gasteiger partial charge on any atom is -0.494 e. The van der Waals surface area contributed by atoms with E-state index in [4.69, 9.17) is 10.5 Å². The molecule has 1 saturated heterocycles. The number of fused-ring (bicyclic) bond motifs is 1. The van der Waals surface area contributed by atoms with Gasteiger partial charge in [0.1, 0.15) is 5.75 Å². The number of aromatic nitrogens is 2. The molecule has 0 bridgehead atoms. The summed E-state index contributed by atoms with van der Waals surface area (Å²) >= 11 is 0. The number of ether oxygens (including phenoxy) is 1. The highest BCUT2D eigenvalue weighted by Crippen LogP contribution is 2.30. The zero-order valence-electron chi connectivity index (χ0n) is 17.7. The van der Waals surface area contributed by atoms with E-state index in [-0.39, 0.29) is 22.5 Å². The monoisotopic (exact) mass is 455 g/mol. The molecule has 1 aliphatic heterocycles. The Balaban J connectivity index is 1.67. The summed E-state index contributed by atoms with van der Waals surface area (Å²) in [6.45, 7) is 3.40. The molecular weight excluding hydrogens is 430 g/mol. The number of carbonyl (C=O) groups is 1. The molecule has 2 heterocycles. The largest absolute Gasteiger partial charge is 0.494 e. The third-order valence-corrected chi connectivity index (χ3v) is 6.78. The summed E-state index contributed by atoms with van der Waals surface area (Å²) in [6, 6.07) is 13.5. The number of nitrogens with one attached hydrogen (secondary N) is 1. The number of rotatable bonds is 7. The van der Waals surface area contributed by atoms with Crippen molar-refractivity contribution in [2.24, 2.45) is 11.7 Å². The summed E-state index contributed by atoms with van der Waals surface area (Å²) in [5.41, 5.74) is 6.68. The number of hydrogen-bond donors (Lipinski definition) is 2. The van der Waals surface area contributed by atoms with Crippen molar-refractivity contribution in [3.05, 3.63) is 48.5 Å². The van der Waals surface area contributed by atoms with Crippen LogP contribution in [0, 0.1) is 5.92 Å². The molecule has 10 heteroatoms. The molecule has 3 aromatic rings. The van der Waals surface area contributed by atoms with Crippen molar-refractivity contribution >= 4 is 38.6 Å². The van der Waals surface area contributed by atoms with Crippen LogP contribution in [0.1, 0.15) is 19.8 Å². The maximum absolute atomic E-state index is 13.1. The molecule has 0 radical (unpaired) electrons. The normalized spacial score (nSPS) is 15.0. The summed E-state index contributed by atoms with van der Waals surface area (Å²) in [5, 5.41) is 0. The van der Waals surface area contributed by atoms with Gasteiger partial charge in [0.25, 0.3) is 10.0 Å². The highest BCUT2D eigenvalue weighted by molar-refractivity contribution is 7.92. The topological polar surface area (TPSA) is 128 Å². The van der Waals surface area contributed by atoms with Crippen LogP contribution in [-0.4, -0.2) is 44.0 Å². The second-order valence-corrected chi connectivity index (χ2v) is 9.24. The highest BCUT2D eigenvalue weighted by atomic mass is 32.2. The van der Waals surface area contributed by atoms with Crippen molar-refractivity contribution in [2.45, 2.75) is 24.7 Å². The second-order valence-electron chi connectivity index (χ2n) is 7.56. The first kappa shape index (κ1) is 21.8. The molecule has 0 aliphatic carbocycles. The van der Waals surface area contributed by atoms with Gasteiger partial charge in [-0.2, -0.15) is 0 Å². The quantitative estimate of drug-likeness (QED) is 0.560. The number of nitrogens with two attached hydrogens (primary N) is 1. The Morgan fingerprint density at radius 3 is 2.31 bits per heavy atom. The molecule has 3 N–H and O–H groups in total. The fourth-order valence-corrected chi connectivity index (χ4v) is 4.73. The SMILES string of the molecule is CCOc1ccc(S(=O)(=O)Nc2nc3ccccc3nc2N2CCC(C(N)=O)CC2)cc1. The molecule has 0 saturated carbocycles. The van der Waals surface area contributed by atoms with E-state index in [0.29, 0.717) is 55.1 Å². The van der Waals surface area contributed by atoms with Gasteiger partial charge in [0.05, 0.1) is 22.5 Å². The van der Waals surface area contributed by atoms with Gasteiger partial charge in [-0.3, -0.25) is 9.52 Å². The summed E-state index contributed by atoms with van der Waals surface area (Å²) in [7, 11) is -3.91. The van der Waals surface area contributed by atoms with Crippen LogP contribution in [-0.2, 0) is 14.8 Å². The van der Waals surface area contributed by atoms with Gasteiger partial charge in [0.2, 0.25) is 5.91 Å². The van der Waals surface area contributed by atoms with Crippen LogP contribution in [0.25, 0.3) is 11.0 Å². The van der Waals surface area contributed by atoms with Gasteiger partial charge in [-0.1, -0.05) is 12.1 Å². The van der Waals surface area contributed by atoms with E-state index in [1.165, 1.54) is 12.1 Å². The van der Waals surface area contributed by atoms with E-state index in [9.17, 15) is 13.2 Å². The highest BCUT2D eigenvalue weighted by Gasteiger charge is 2.27. The number of benzene rings is 2. The molecule has 1 amide bonds. The van der Waals surface area contributed by atoms with Crippen LogP contribution in [0.4, 0.5) is 11.6 Å². The van der Waals surface area contributed by atoms with Crippen LogP contribution in [0.15, 0.2) is 53.4 Å². The van der Waals surface area contributed by atoms with Crippen LogP contribution in [0.5, 0.6) is 5.75 Å². The third kappa shape index (κ3) is 4.59. The Bertz CT molecular complexity index is 1220. The molecule has 1 aromatic heterocycles. The summed E-state index contributed by atoms with van der Waals surface area (Å²) in [5.74, 6) is 0.667. The number of anilines is 2. The molecule has 4 rings (SSSR count). The maximum atomic E-state index is 13.1. The number of carbonyl (C=O) groups excluding carboxylic acids is 1. The van der Waals surface area contributed by atoms with Gasteiger partial charge in [-0.25, -0.2) is 18.4 Å². The van der Waals surface area contributed by atoms with Crippen LogP contribution < -0.4 is 20.1 Å². The van der Waals surface area contributed by atoms with Crippen molar-refractivity contribution in [1.82, 2.24) is 9.97 Å². The number of piperidine rings is 1. The third-order valence-electron chi connectivity index (χ3n) is 5.43. The molecule has 1 aliphatic rings. The molecule has 0 spiro atoms. The van der Waals surface area contributed by atoms with Crippen LogP contribution in [0.3, 0.4) is 0 Å². The van der Waals surface area contributed by atoms with Crippen molar-refractivity contribution < 1.29 is 17.9 Å². The number of sulfonamides is 1. The molecule has 32 heavy (non-hydrogen) atoms. The Labute approximate surface area is 186 Å². The fraction of sp³-hybridized carbons (Fsp3) is 0.318. The van der Waals surface area contributed by atoms with Crippen molar-refractivity contribution in [3.8, 4) is 5.75 Å². The molecule has 168 valence electrons. The van der Waals surface area contributed by atoms with Gasteiger partial charge in [-0.15, -0.1) is 0 Å². The Hall–Kier alpha value is -3.40. The van der Waals surface area contributed by atoms with Crippen molar-refractivity contribution in [3.63, 3.8) is 0 Å². The number of primary amides is 1. The lowest BCUT2D eigenvalue weighted by Gasteiger charge is -2.32. The lowest BCUT2D eigenvalue weighted by atomic mass is 9.96. The molecule has 9 nitrogen and oxygen atoms in total. The zero-order chi connectivity index (χ0) is 22.7. The van der Waals surface area contributed by atoms with Crippen molar-refractivity contribution in [1.29, 1.82) is 0 Å². The molecule has 1 fully saturated rings. The number of para-hydroxylation sites is 2. The smallest absolute Gasteiger partial charge is 0.263 e. The lowest BCUT2D eigenvalue weighted by molar-refractivity contribution is -0.122. The average molecular weight is 456 g/mol. The second kappa shape index (κ2) is 8.99. The van der Waals surface area contributed by atoms with E-state index >= 15 is 0 Å². The first-order valence-corrected chi connectivity index (χ1v) is 11.9. The molecule has 0 atom stereocenters. The van der Waals surface area contributed by atoms with Crippen LogP contribution in [0.2, 0.25) is 0 Å². The molecule has 0 unspecified atom stereocenters. The zero-order valence-corrected chi connectivity index (χ0v) is 18.5. The first-order chi connectivity index (χ1) is 15.4. The number of hydrogen-bond acceptors (Lipinski definition) is 7. The Kier molecular flexibility index (Phi) is 6.13. The lowest BCUT2D eigenvalue weighted by Crippen LogP contribution is -2.39. The minimum absolute atomic E-state index is 0.0919. The summed E-state index contributed by atoms with van der Waals surface area (Å²) in [4.78, 5) is 22.8. The van der Waals surface area contributed by atoms with Crippen LogP contribution >= 0.6 is 0 Å². The molecule has 2 aromatic carbocycles.